The summed E-state index contributed by atoms with van der Waals surface area (Å²) in [6.45, 7) is 0. The molecule has 100 valence electrons. The maximum absolute atomic E-state index is 12.2. The molecule has 1 aromatic heterocycles. The smallest absolute Gasteiger partial charge is 0.279 e. The quantitative estimate of drug-likeness (QED) is 0.676. The van der Waals surface area contributed by atoms with Gasteiger partial charge in [0.05, 0.1) is 10.2 Å². The zero-order valence-electron chi connectivity index (χ0n) is 10.7. The van der Waals surface area contributed by atoms with Crippen molar-refractivity contribution in [3.05, 3.63) is 63.9 Å². The van der Waals surface area contributed by atoms with Crippen molar-refractivity contribution in [2.75, 3.05) is 0 Å². The first kappa shape index (κ1) is 13.1. The number of thiazole rings is 1. The molecule has 3 nitrogen and oxygen atoms in total. The normalized spacial score (nSPS) is 12.0. The number of carbonyl (C=O) groups is 1. The van der Waals surface area contributed by atoms with Crippen LogP contribution in [0.25, 0.3) is 10.2 Å². The molecule has 1 heterocycles. The van der Waals surface area contributed by atoms with Gasteiger partial charge < -0.3 is 4.57 Å². The molecule has 1 amide bonds. The fourth-order valence-electron chi connectivity index (χ4n) is 1.96. The summed E-state index contributed by atoms with van der Waals surface area (Å²) in [6, 6.07) is 14.8. The number of hydrogen-bond donors (Lipinski definition) is 0. The Labute approximate surface area is 124 Å². The summed E-state index contributed by atoms with van der Waals surface area (Å²) < 4.78 is 3.02. The molecule has 0 saturated heterocycles. The van der Waals surface area contributed by atoms with Crippen molar-refractivity contribution < 1.29 is 4.79 Å². The Hall–Kier alpha value is -1.91. The highest BCUT2D eigenvalue weighted by molar-refractivity contribution is 7.16. The van der Waals surface area contributed by atoms with Crippen LogP contribution in [0.5, 0.6) is 0 Å². The zero-order valence-corrected chi connectivity index (χ0v) is 12.3. The average Bonchev–Trinajstić information content (AvgIpc) is 2.76. The van der Waals surface area contributed by atoms with E-state index in [0.717, 1.165) is 10.2 Å². The maximum atomic E-state index is 12.2. The van der Waals surface area contributed by atoms with E-state index in [1.165, 1.54) is 11.3 Å². The van der Waals surface area contributed by atoms with E-state index in [1.807, 2.05) is 35.9 Å². The minimum atomic E-state index is -0.283. The molecular weight excluding hydrogens is 292 g/mol. The van der Waals surface area contributed by atoms with Gasteiger partial charge >= 0.3 is 0 Å². The van der Waals surface area contributed by atoms with E-state index in [0.29, 0.717) is 15.4 Å². The molecule has 0 spiro atoms. The van der Waals surface area contributed by atoms with Gasteiger partial charge in [-0.15, -0.1) is 0 Å². The molecule has 0 aliphatic carbocycles. The van der Waals surface area contributed by atoms with Crippen LogP contribution in [0.15, 0.2) is 53.5 Å². The second-order valence-corrected chi connectivity index (χ2v) is 5.78. The van der Waals surface area contributed by atoms with Gasteiger partial charge in [0.1, 0.15) is 0 Å². The van der Waals surface area contributed by atoms with Crippen LogP contribution < -0.4 is 4.80 Å². The van der Waals surface area contributed by atoms with E-state index in [2.05, 4.69) is 4.99 Å². The highest BCUT2D eigenvalue weighted by atomic mass is 35.5. The second kappa shape index (κ2) is 5.23. The standard InChI is InChI=1S/C15H11ClN2OS/c1-18-12-7-2-3-8-13(12)20-15(18)17-14(19)10-5-4-6-11(16)9-10/h2-9H,1H3. The minimum Gasteiger partial charge on any atom is -0.319 e. The van der Waals surface area contributed by atoms with Gasteiger partial charge in [0, 0.05) is 17.6 Å². The Balaban J connectivity index is 2.10. The van der Waals surface area contributed by atoms with Crippen LogP contribution in [0.4, 0.5) is 0 Å². The summed E-state index contributed by atoms with van der Waals surface area (Å²) in [5, 5.41) is 0.534. The van der Waals surface area contributed by atoms with Gasteiger partial charge in [0.25, 0.3) is 5.91 Å². The van der Waals surface area contributed by atoms with E-state index >= 15 is 0 Å². The molecule has 0 radical (unpaired) electrons. The van der Waals surface area contributed by atoms with E-state index in [-0.39, 0.29) is 5.91 Å². The molecule has 0 atom stereocenters. The van der Waals surface area contributed by atoms with Gasteiger partial charge in [-0.1, -0.05) is 41.1 Å². The Morgan fingerprint density at radius 2 is 2.00 bits per heavy atom. The van der Waals surface area contributed by atoms with Crippen LogP contribution in [-0.2, 0) is 7.05 Å². The SMILES string of the molecule is Cn1c(=NC(=O)c2cccc(Cl)c2)sc2ccccc21. The molecule has 5 heteroatoms. The van der Waals surface area contributed by atoms with Gasteiger partial charge in [0.15, 0.2) is 4.80 Å². The molecule has 20 heavy (non-hydrogen) atoms. The summed E-state index contributed by atoms with van der Waals surface area (Å²) in [5.41, 5.74) is 1.56. The summed E-state index contributed by atoms with van der Waals surface area (Å²) in [7, 11) is 1.91. The molecule has 0 aliphatic heterocycles. The van der Waals surface area contributed by atoms with E-state index < -0.39 is 0 Å². The molecule has 3 rings (SSSR count). The van der Waals surface area contributed by atoms with Crippen LogP contribution in [0.2, 0.25) is 5.02 Å². The number of benzene rings is 2. The lowest BCUT2D eigenvalue weighted by atomic mass is 10.2. The Bertz CT molecular complexity index is 863. The summed E-state index contributed by atoms with van der Waals surface area (Å²) in [5.74, 6) is -0.283. The van der Waals surface area contributed by atoms with Gasteiger partial charge in [-0.2, -0.15) is 4.99 Å². The number of aromatic nitrogens is 1. The lowest BCUT2D eigenvalue weighted by Gasteiger charge is -1.96. The van der Waals surface area contributed by atoms with E-state index in [1.54, 1.807) is 24.3 Å². The maximum Gasteiger partial charge on any atom is 0.279 e. The number of fused-ring (bicyclic) bond motifs is 1. The van der Waals surface area contributed by atoms with Crippen molar-refractivity contribution in [1.82, 2.24) is 4.57 Å². The van der Waals surface area contributed by atoms with Gasteiger partial charge in [-0.25, -0.2) is 0 Å². The second-order valence-electron chi connectivity index (χ2n) is 4.34. The van der Waals surface area contributed by atoms with Gasteiger partial charge in [-0.05, 0) is 30.3 Å². The van der Waals surface area contributed by atoms with E-state index in [9.17, 15) is 4.79 Å². The van der Waals surface area contributed by atoms with Crippen molar-refractivity contribution in [2.24, 2.45) is 12.0 Å². The Kier molecular flexibility index (Phi) is 3.42. The molecule has 0 saturated carbocycles. The molecule has 2 aromatic carbocycles. The number of amides is 1. The number of hydrogen-bond acceptors (Lipinski definition) is 2. The first-order chi connectivity index (χ1) is 9.65. The number of aryl methyl sites for hydroxylation is 1. The topological polar surface area (TPSA) is 34.4 Å². The lowest BCUT2D eigenvalue weighted by Crippen LogP contribution is -2.13. The summed E-state index contributed by atoms with van der Waals surface area (Å²) >= 11 is 7.38. The fourth-order valence-corrected chi connectivity index (χ4v) is 3.17. The Morgan fingerprint density at radius 1 is 1.20 bits per heavy atom. The third kappa shape index (κ3) is 2.40. The largest absolute Gasteiger partial charge is 0.319 e. The molecule has 0 aliphatic rings. The van der Waals surface area contributed by atoms with Crippen molar-refractivity contribution >= 4 is 39.1 Å². The highest BCUT2D eigenvalue weighted by Crippen LogP contribution is 2.16. The van der Waals surface area contributed by atoms with Crippen molar-refractivity contribution in [3.8, 4) is 0 Å². The summed E-state index contributed by atoms with van der Waals surface area (Å²) in [4.78, 5) is 17.0. The molecule has 0 unspecified atom stereocenters. The molecule has 0 bridgehead atoms. The van der Waals surface area contributed by atoms with Crippen LogP contribution in [0.1, 0.15) is 10.4 Å². The molecule has 0 fully saturated rings. The number of para-hydroxylation sites is 1. The van der Waals surface area contributed by atoms with Gasteiger partial charge in [-0.3, -0.25) is 4.79 Å². The van der Waals surface area contributed by atoms with Crippen LogP contribution in [0.3, 0.4) is 0 Å². The zero-order chi connectivity index (χ0) is 14.1. The number of rotatable bonds is 1. The fraction of sp³-hybridized carbons (Fsp3) is 0.0667. The van der Waals surface area contributed by atoms with Crippen molar-refractivity contribution in [3.63, 3.8) is 0 Å². The third-order valence-corrected chi connectivity index (χ3v) is 4.33. The summed E-state index contributed by atoms with van der Waals surface area (Å²) in [6.07, 6.45) is 0. The lowest BCUT2D eigenvalue weighted by molar-refractivity contribution is 0.0998. The molecule has 3 aromatic rings. The predicted molar refractivity (Wildman–Crippen MR) is 82.1 cm³/mol. The predicted octanol–water partition coefficient (Wildman–Crippen LogP) is 3.63. The van der Waals surface area contributed by atoms with Gasteiger partial charge in [0.2, 0.25) is 0 Å². The van der Waals surface area contributed by atoms with Crippen molar-refractivity contribution in [2.45, 2.75) is 0 Å². The first-order valence-electron chi connectivity index (χ1n) is 6.04. The molecular formula is C15H11ClN2OS. The van der Waals surface area contributed by atoms with E-state index in [4.69, 9.17) is 11.6 Å². The number of carbonyl (C=O) groups excluding carboxylic acids is 1. The minimum absolute atomic E-state index is 0.283. The third-order valence-electron chi connectivity index (χ3n) is 2.98. The monoisotopic (exact) mass is 302 g/mol. The van der Waals surface area contributed by atoms with Crippen LogP contribution in [-0.4, -0.2) is 10.5 Å². The highest BCUT2D eigenvalue weighted by Gasteiger charge is 2.07. The average molecular weight is 303 g/mol. The molecule has 0 N–H and O–H groups in total. The number of halogens is 1. The van der Waals surface area contributed by atoms with Crippen molar-refractivity contribution in [1.29, 1.82) is 0 Å². The number of nitrogens with zero attached hydrogens (tertiary/aromatic N) is 2. The Morgan fingerprint density at radius 3 is 2.75 bits per heavy atom. The van der Waals surface area contributed by atoms with Crippen LogP contribution >= 0.6 is 22.9 Å². The first-order valence-corrected chi connectivity index (χ1v) is 7.24. The van der Waals surface area contributed by atoms with Crippen LogP contribution in [0, 0.1) is 0 Å².